The SMILES string of the molecule is CCNC(=NCc1ccc(-n2ccnc2C)nc1)NCCCCC(C)C.I. The average Bonchev–Trinajstić information content (AvgIpc) is 3.05. The number of imidazole rings is 1. The molecule has 0 saturated heterocycles. The van der Waals surface area contributed by atoms with Gasteiger partial charge < -0.3 is 10.6 Å². The molecule has 0 radical (unpaired) electrons. The molecule has 0 fully saturated rings. The first kappa shape index (κ1) is 23.4. The third-order valence-electron chi connectivity index (χ3n) is 4.15. The topological polar surface area (TPSA) is 67.1 Å². The Morgan fingerprint density at radius 3 is 2.59 bits per heavy atom. The van der Waals surface area contributed by atoms with Crippen LogP contribution < -0.4 is 10.6 Å². The van der Waals surface area contributed by atoms with Crippen LogP contribution in [0.2, 0.25) is 0 Å². The Kier molecular flexibility index (Phi) is 11.0. The van der Waals surface area contributed by atoms with Gasteiger partial charge in [-0.2, -0.15) is 0 Å². The number of aryl methyl sites for hydroxylation is 1. The van der Waals surface area contributed by atoms with Crippen LogP contribution >= 0.6 is 24.0 Å². The second-order valence-corrected chi connectivity index (χ2v) is 6.88. The first-order valence-electron chi connectivity index (χ1n) is 9.57. The minimum atomic E-state index is 0. The molecule has 0 amide bonds. The normalized spacial score (nSPS) is 11.4. The largest absolute Gasteiger partial charge is 0.357 e. The summed E-state index contributed by atoms with van der Waals surface area (Å²) in [5.41, 5.74) is 1.09. The van der Waals surface area contributed by atoms with Crippen molar-refractivity contribution in [3.8, 4) is 5.82 Å². The molecule has 2 heterocycles. The second kappa shape index (κ2) is 12.7. The number of nitrogens with zero attached hydrogens (tertiary/aromatic N) is 4. The van der Waals surface area contributed by atoms with Crippen LogP contribution in [-0.2, 0) is 6.54 Å². The van der Waals surface area contributed by atoms with Gasteiger partial charge in [0.05, 0.1) is 6.54 Å². The molecule has 27 heavy (non-hydrogen) atoms. The van der Waals surface area contributed by atoms with Gasteiger partial charge >= 0.3 is 0 Å². The molecule has 2 N–H and O–H groups in total. The fourth-order valence-corrected chi connectivity index (χ4v) is 2.67. The molecular weight excluding hydrogens is 451 g/mol. The molecule has 2 rings (SSSR count). The Bertz CT molecular complexity index is 678. The smallest absolute Gasteiger partial charge is 0.191 e. The lowest BCUT2D eigenvalue weighted by molar-refractivity contribution is 0.534. The van der Waals surface area contributed by atoms with E-state index in [1.165, 1.54) is 19.3 Å². The van der Waals surface area contributed by atoms with Gasteiger partial charge in [0.25, 0.3) is 0 Å². The van der Waals surface area contributed by atoms with Crippen molar-refractivity contribution >= 4 is 29.9 Å². The first-order valence-corrected chi connectivity index (χ1v) is 9.57. The van der Waals surface area contributed by atoms with E-state index >= 15 is 0 Å². The lowest BCUT2D eigenvalue weighted by atomic mass is 10.1. The quantitative estimate of drug-likeness (QED) is 0.244. The monoisotopic (exact) mass is 484 g/mol. The van der Waals surface area contributed by atoms with Gasteiger partial charge in [0.2, 0.25) is 0 Å². The number of guanidine groups is 1. The molecule has 6 nitrogen and oxygen atoms in total. The molecule has 0 aliphatic carbocycles. The lowest BCUT2D eigenvalue weighted by Crippen LogP contribution is -2.37. The highest BCUT2D eigenvalue weighted by atomic mass is 127. The number of unbranched alkanes of at least 4 members (excludes halogenated alkanes) is 1. The zero-order valence-electron chi connectivity index (χ0n) is 16.9. The Morgan fingerprint density at radius 1 is 1.19 bits per heavy atom. The van der Waals surface area contributed by atoms with Crippen molar-refractivity contribution < 1.29 is 0 Å². The van der Waals surface area contributed by atoms with Crippen LogP contribution in [0.4, 0.5) is 0 Å². The molecule has 0 aliphatic heterocycles. The summed E-state index contributed by atoms with van der Waals surface area (Å²) in [6, 6.07) is 4.07. The number of halogens is 1. The number of nitrogens with one attached hydrogen (secondary N) is 2. The molecule has 7 heteroatoms. The molecule has 150 valence electrons. The molecule has 2 aromatic rings. The Morgan fingerprint density at radius 2 is 2.00 bits per heavy atom. The van der Waals surface area contributed by atoms with E-state index in [-0.39, 0.29) is 24.0 Å². The van der Waals surface area contributed by atoms with E-state index in [0.717, 1.165) is 42.2 Å². The van der Waals surface area contributed by atoms with Gasteiger partial charge in [0.15, 0.2) is 5.96 Å². The van der Waals surface area contributed by atoms with Crippen LogP contribution in [0.3, 0.4) is 0 Å². The third-order valence-corrected chi connectivity index (χ3v) is 4.15. The molecular formula is C20H33IN6. The van der Waals surface area contributed by atoms with Crippen molar-refractivity contribution in [3.05, 3.63) is 42.1 Å². The first-order chi connectivity index (χ1) is 12.6. The summed E-state index contributed by atoms with van der Waals surface area (Å²) in [6.07, 6.45) is 9.28. The van der Waals surface area contributed by atoms with Gasteiger partial charge in [-0.25, -0.2) is 15.0 Å². The molecule has 0 unspecified atom stereocenters. The molecule has 2 aromatic heterocycles. The van der Waals surface area contributed by atoms with Crippen LogP contribution in [0.1, 0.15) is 51.4 Å². The summed E-state index contributed by atoms with van der Waals surface area (Å²) in [7, 11) is 0. The zero-order valence-corrected chi connectivity index (χ0v) is 19.2. The third kappa shape index (κ3) is 8.28. The number of hydrogen-bond donors (Lipinski definition) is 2. The van der Waals surface area contributed by atoms with Gasteiger partial charge in [-0.1, -0.05) is 32.8 Å². The number of hydrogen-bond acceptors (Lipinski definition) is 3. The molecule has 0 bridgehead atoms. The summed E-state index contributed by atoms with van der Waals surface area (Å²) >= 11 is 0. The zero-order chi connectivity index (χ0) is 18.8. The molecule has 0 atom stereocenters. The number of rotatable bonds is 9. The summed E-state index contributed by atoms with van der Waals surface area (Å²) in [6.45, 7) is 11.0. The Balaban J connectivity index is 0.00000364. The minimum Gasteiger partial charge on any atom is -0.357 e. The summed E-state index contributed by atoms with van der Waals surface area (Å²) in [5.74, 6) is 3.45. The van der Waals surface area contributed by atoms with Crippen molar-refractivity contribution in [2.24, 2.45) is 10.9 Å². The van der Waals surface area contributed by atoms with E-state index in [0.29, 0.717) is 6.54 Å². The minimum absolute atomic E-state index is 0. The van der Waals surface area contributed by atoms with Gasteiger partial charge in [-0.05, 0) is 37.8 Å². The summed E-state index contributed by atoms with van der Waals surface area (Å²) in [4.78, 5) is 13.4. The number of pyridine rings is 1. The Hall–Kier alpha value is -1.64. The van der Waals surface area contributed by atoms with Gasteiger partial charge in [-0.15, -0.1) is 24.0 Å². The van der Waals surface area contributed by atoms with Crippen LogP contribution in [0, 0.1) is 12.8 Å². The standard InChI is InChI=1S/C20H32N6.HI/c1-5-21-20(23-11-7-6-8-16(2)3)25-15-18-9-10-19(24-14-18)26-13-12-22-17(26)4;/h9-10,12-14,16H,5-8,11,15H2,1-4H3,(H2,21,23,25);1H. The van der Waals surface area contributed by atoms with Crippen molar-refractivity contribution in [1.29, 1.82) is 0 Å². The molecule has 0 aliphatic rings. The summed E-state index contributed by atoms with van der Waals surface area (Å²) < 4.78 is 1.97. The van der Waals surface area contributed by atoms with Crippen LogP contribution in [0.15, 0.2) is 35.7 Å². The predicted molar refractivity (Wildman–Crippen MR) is 123 cm³/mol. The van der Waals surface area contributed by atoms with Gasteiger partial charge in [0.1, 0.15) is 11.6 Å². The fraction of sp³-hybridized carbons (Fsp3) is 0.550. The highest BCUT2D eigenvalue weighted by molar-refractivity contribution is 14.0. The van der Waals surface area contributed by atoms with E-state index in [4.69, 9.17) is 0 Å². The lowest BCUT2D eigenvalue weighted by Gasteiger charge is -2.12. The van der Waals surface area contributed by atoms with Crippen LogP contribution in [-0.4, -0.2) is 33.6 Å². The van der Waals surface area contributed by atoms with E-state index in [1.54, 1.807) is 6.20 Å². The van der Waals surface area contributed by atoms with Crippen molar-refractivity contribution in [3.63, 3.8) is 0 Å². The maximum Gasteiger partial charge on any atom is 0.191 e. The van der Waals surface area contributed by atoms with Gasteiger partial charge in [-0.3, -0.25) is 4.57 Å². The maximum atomic E-state index is 4.66. The maximum absolute atomic E-state index is 4.66. The highest BCUT2D eigenvalue weighted by Gasteiger charge is 2.03. The molecule has 0 spiro atoms. The van der Waals surface area contributed by atoms with Gasteiger partial charge in [0, 0.05) is 31.7 Å². The van der Waals surface area contributed by atoms with Crippen molar-refractivity contribution in [1.82, 2.24) is 25.2 Å². The van der Waals surface area contributed by atoms with E-state index in [2.05, 4.69) is 52.4 Å². The predicted octanol–water partition coefficient (Wildman–Crippen LogP) is 4.08. The van der Waals surface area contributed by atoms with E-state index in [1.807, 2.05) is 30.0 Å². The van der Waals surface area contributed by atoms with Crippen molar-refractivity contribution in [2.75, 3.05) is 13.1 Å². The molecule has 0 aromatic carbocycles. The summed E-state index contributed by atoms with van der Waals surface area (Å²) in [5, 5.41) is 6.71. The molecule has 0 saturated carbocycles. The van der Waals surface area contributed by atoms with E-state index in [9.17, 15) is 0 Å². The highest BCUT2D eigenvalue weighted by Crippen LogP contribution is 2.09. The second-order valence-electron chi connectivity index (χ2n) is 6.88. The van der Waals surface area contributed by atoms with E-state index < -0.39 is 0 Å². The van der Waals surface area contributed by atoms with Crippen LogP contribution in [0.5, 0.6) is 0 Å². The number of aromatic nitrogens is 3. The fourth-order valence-electron chi connectivity index (χ4n) is 2.67. The van der Waals surface area contributed by atoms with Crippen LogP contribution in [0.25, 0.3) is 5.82 Å². The number of aliphatic imine (C=N–C) groups is 1. The average molecular weight is 484 g/mol. The Labute approximate surface area is 180 Å². The van der Waals surface area contributed by atoms with Crippen molar-refractivity contribution in [2.45, 2.75) is 53.5 Å².